The van der Waals surface area contributed by atoms with Crippen molar-refractivity contribution < 1.29 is 135 Å². The Labute approximate surface area is 211 Å². The predicted octanol–water partition coefficient (Wildman–Crippen LogP) is -6.24. The molecule has 0 unspecified atom stereocenters. The van der Waals surface area contributed by atoms with Gasteiger partial charge in [0.1, 0.15) is 12.8 Å². The van der Waals surface area contributed by atoms with E-state index in [0.29, 0.717) is 11.3 Å². The van der Waals surface area contributed by atoms with Crippen molar-refractivity contribution in [1.29, 1.82) is 0 Å². The van der Waals surface area contributed by atoms with Crippen molar-refractivity contribution in [1.82, 2.24) is 4.98 Å². The molecule has 1 amide bonds. The molecule has 1 aromatic heterocycles. The molecule has 6 nitrogen and oxygen atoms in total. The average molecular weight is 382 g/mol. The van der Waals surface area contributed by atoms with E-state index >= 15 is 0 Å². The van der Waals surface area contributed by atoms with Gasteiger partial charge in [-0.1, -0.05) is 11.3 Å². The second-order valence-corrected chi connectivity index (χ2v) is 4.55. The Bertz CT molecular complexity index is 703. The van der Waals surface area contributed by atoms with Crippen LogP contribution in [0.15, 0.2) is 0 Å². The summed E-state index contributed by atoms with van der Waals surface area (Å²) >= 11 is 0.508. The summed E-state index contributed by atoms with van der Waals surface area (Å²) in [5, 5.41) is 22.6. The number of nitrogens with one attached hydrogen (secondary N) is 1. The summed E-state index contributed by atoms with van der Waals surface area (Å²) in [6.07, 6.45) is 0. The standard InChI is InChI=1S/C9H4BF3N2O4S.2K/c1-2(16)14-9-15-6-3(11)4(12)7(19-10(17)18)5(13)8(6)20-9;;/h1H3,(H,14,15,16);;/q-2;2*+1. The molecule has 0 aliphatic heterocycles. The van der Waals surface area contributed by atoms with E-state index in [9.17, 15) is 28.0 Å². The van der Waals surface area contributed by atoms with Crippen LogP contribution < -0.4 is 123 Å². The Hall–Kier alpha value is 1.43. The molecule has 1 heterocycles. The number of halogens is 3. The van der Waals surface area contributed by atoms with Crippen LogP contribution >= 0.6 is 11.3 Å². The van der Waals surface area contributed by atoms with Gasteiger partial charge in [0.15, 0.2) is 22.5 Å². The minimum Gasteiger partial charge on any atom is -0.860 e. The number of thiazole rings is 1. The summed E-state index contributed by atoms with van der Waals surface area (Å²) in [5.74, 6) is -6.77. The number of carbonyl (C=O) groups is 1. The van der Waals surface area contributed by atoms with Crippen LogP contribution in [0.5, 0.6) is 5.75 Å². The van der Waals surface area contributed by atoms with Crippen molar-refractivity contribution in [3.05, 3.63) is 17.5 Å². The molecular weight excluding hydrogens is 378 g/mol. The van der Waals surface area contributed by atoms with E-state index in [1.807, 2.05) is 0 Å². The largest absolute Gasteiger partial charge is 1.00 e. The molecule has 0 spiro atoms. The number of carbonyl (C=O) groups excluding carboxylic acids is 1. The Balaban J connectivity index is 0.00000220. The van der Waals surface area contributed by atoms with E-state index in [1.165, 1.54) is 0 Å². The smallest absolute Gasteiger partial charge is 0.860 e. The Kier molecular flexibility index (Phi) is 10.4. The van der Waals surface area contributed by atoms with Crippen LogP contribution in [0.4, 0.5) is 18.3 Å². The van der Waals surface area contributed by atoms with Crippen molar-refractivity contribution >= 4 is 39.9 Å². The van der Waals surface area contributed by atoms with Crippen LogP contribution in [-0.4, -0.2) is 18.2 Å². The fourth-order valence-corrected chi connectivity index (χ4v) is 2.36. The quantitative estimate of drug-likeness (QED) is 0.421. The maximum atomic E-state index is 13.9. The van der Waals surface area contributed by atoms with Gasteiger partial charge in [0.2, 0.25) is 11.7 Å². The molecule has 1 aromatic carbocycles. The van der Waals surface area contributed by atoms with Gasteiger partial charge in [-0.3, -0.25) is 4.79 Å². The number of rotatable bonds is 3. The molecule has 2 aromatic rings. The van der Waals surface area contributed by atoms with E-state index < -0.39 is 46.6 Å². The van der Waals surface area contributed by atoms with Gasteiger partial charge in [0, 0.05) is 6.92 Å². The molecule has 1 N–H and O–H groups in total. The average Bonchev–Trinajstić information content (AvgIpc) is 2.75. The first-order chi connectivity index (χ1) is 9.31. The number of anilines is 1. The van der Waals surface area contributed by atoms with Crippen LogP contribution in [0.25, 0.3) is 10.2 Å². The summed E-state index contributed by atoms with van der Waals surface area (Å²) in [7, 11) is -3.02. The van der Waals surface area contributed by atoms with Gasteiger partial charge in [0.05, 0.1) is 4.70 Å². The van der Waals surface area contributed by atoms with Crippen molar-refractivity contribution in [2.24, 2.45) is 0 Å². The van der Waals surface area contributed by atoms with Gasteiger partial charge in [-0.15, -0.1) is 0 Å². The van der Waals surface area contributed by atoms with E-state index in [-0.39, 0.29) is 108 Å². The van der Waals surface area contributed by atoms with Crippen molar-refractivity contribution in [2.45, 2.75) is 6.92 Å². The maximum Gasteiger partial charge on any atom is 1.00 e. The van der Waals surface area contributed by atoms with Crippen molar-refractivity contribution in [3.63, 3.8) is 0 Å². The molecule has 0 saturated heterocycles. The molecule has 0 aliphatic rings. The molecule has 0 bridgehead atoms. The SMILES string of the molecule is CC(=O)Nc1nc2c(F)c(F)c(OB([O-])[O-])c(F)c2s1.[K+].[K+]. The fraction of sp³-hybridized carbons (Fsp3) is 0.111. The van der Waals surface area contributed by atoms with E-state index in [2.05, 4.69) is 15.0 Å². The van der Waals surface area contributed by atoms with E-state index in [4.69, 9.17) is 0 Å². The van der Waals surface area contributed by atoms with Gasteiger partial charge >= 0.3 is 103 Å². The molecule has 0 atom stereocenters. The minimum atomic E-state index is -3.02. The molecule has 0 fully saturated rings. The second kappa shape index (κ2) is 9.79. The topological polar surface area (TPSA) is 97.3 Å². The summed E-state index contributed by atoms with van der Waals surface area (Å²) in [6.45, 7) is 1.15. The van der Waals surface area contributed by atoms with Crippen molar-refractivity contribution in [2.75, 3.05) is 5.32 Å². The van der Waals surface area contributed by atoms with Gasteiger partial charge in [0.25, 0.3) is 0 Å². The molecule has 0 saturated carbocycles. The molecule has 22 heavy (non-hydrogen) atoms. The third kappa shape index (κ3) is 5.21. The molecular formula is C9H4BF3K2N2O4S. The first-order valence-corrected chi connectivity index (χ1v) is 5.85. The fourth-order valence-electron chi connectivity index (χ4n) is 1.42. The number of hydrogen-bond donors (Lipinski definition) is 1. The summed E-state index contributed by atoms with van der Waals surface area (Å²) in [6, 6.07) is 0. The Morgan fingerprint density at radius 1 is 1.23 bits per heavy atom. The van der Waals surface area contributed by atoms with Crippen LogP contribution in [0.1, 0.15) is 6.92 Å². The zero-order valence-corrected chi connectivity index (χ0v) is 18.8. The number of fused-ring (bicyclic) bond motifs is 1. The third-order valence-electron chi connectivity index (χ3n) is 2.12. The maximum absolute atomic E-state index is 13.9. The van der Waals surface area contributed by atoms with E-state index in [1.54, 1.807) is 0 Å². The van der Waals surface area contributed by atoms with Gasteiger partial charge in [-0.25, -0.2) is 13.8 Å². The first-order valence-electron chi connectivity index (χ1n) is 5.04. The van der Waals surface area contributed by atoms with Crippen LogP contribution in [0.2, 0.25) is 0 Å². The molecule has 0 aliphatic carbocycles. The number of aromatic nitrogens is 1. The first kappa shape index (κ1) is 23.4. The normalized spacial score (nSPS) is 9.73. The number of benzene rings is 1. The van der Waals surface area contributed by atoms with Crippen LogP contribution in [0, 0.1) is 17.5 Å². The minimum absolute atomic E-state index is 0. The summed E-state index contributed by atoms with van der Waals surface area (Å²) < 4.78 is 44.4. The third-order valence-corrected chi connectivity index (χ3v) is 3.09. The predicted molar refractivity (Wildman–Crippen MR) is 60.2 cm³/mol. The van der Waals surface area contributed by atoms with Crippen LogP contribution in [-0.2, 0) is 4.79 Å². The number of amides is 1. The zero-order chi connectivity index (χ0) is 15.0. The van der Waals surface area contributed by atoms with Crippen molar-refractivity contribution in [3.8, 4) is 5.75 Å². The molecule has 13 heteroatoms. The van der Waals surface area contributed by atoms with Crippen LogP contribution in [0.3, 0.4) is 0 Å². The second-order valence-electron chi connectivity index (χ2n) is 3.56. The number of hydrogen-bond acceptors (Lipinski definition) is 6. The van der Waals surface area contributed by atoms with E-state index in [0.717, 1.165) is 6.92 Å². The Morgan fingerprint density at radius 2 is 1.82 bits per heavy atom. The summed E-state index contributed by atoms with van der Waals surface area (Å²) in [4.78, 5) is 14.3. The Morgan fingerprint density at radius 3 is 2.32 bits per heavy atom. The molecule has 0 radical (unpaired) electrons. The number of nitrogens with zero attached hydrogens (tertiary/aromatic N) is 1. The molecule has 106 valence electrons. The van der Waals surface area contributed by atoms with Gasteiger partial charge in [-0.2, -0.15) is 4.39 Å². The molecule has 2 rings (SSSR count). The zero-order valence-electron chi connectivity index (χ0n) is 11.7. The van der Waals surface area contributed by atoms with Gasteiger partial charge < -0.3 is 20.0 Å². The van der Waals surface area contributed by atoms with Gasteiger partial charge in [-0.05, 0) is 0 Å². The monoisotopic (exact) mass is 382 g/mol. The summed E-state index contributed by atoms with van der Waals surface area (Å²) in [5.41, 5.74) is -0.672.